The van der Waals surface area contributed by atoms with E-state index in [1.165, 1.54) is 12.8 Å². The maximum atomic E-state index is 5.93. The first kappa shape index (κ1) is 10.7. The average Bonchev–Trinajstić information content (AvgIpc) is 3.03. The second-order valence-corrected chi connectivity index (χ2v) is 4.66. The lowest BCUT2D eigenvalue weighted by Gasteiger charge is -2.23. The summed E-state index contributed by atoms with van der Waals surface area (Å²) in [5, 5.41) is 0.535. The third-order valence-corrected chi connectivity index (χ3v) is 3.14. The Labute approximate surface area is 105 Å². The van der Waals surface area contributed by atoms with Crippen LogP contribution in [0.1, 0.15) is 18.6 Å². The number of hydrogen-bond acceptors (Lipinski definition) is 3. The van der Waals surface area contributed by atoms with Crippen LogP contribution in [0.3, 0.4) is 0 Å². The summed E-state index contributed by atoms with van der Waals surface area (Å²) >= 11 is 5.93. The van der Waals surface area contributed by atoms with Crippen molar-refractivity contribution in [3.05, 3.63) is 47.6 Å². The Morgan fingerprint density at radius 2 is 2.29 bits per heavy atom. The molecule has 1 aliphatic rings. The molecule has 0 amide bonds. The summed E-state index contributed by atoms with van der Waals surface area (Å²) in [6.45, 7) is 0.790. The van der Waals surface area contributed by atoms with Crippen LogP contribution in [0.25, 0.3) is 0 Å². The molecule has 0 aliphatic heterocycles. The van der Waals surface area contributed by atoms with Crippen molar-refractivity contribution in [2.75, 3.05) is 4.90 Å². The molecule has 0 atom stereocenters. The van der Waals surface area contributed by atoms with Crippen molar-refractivity contribution in [2.24, 2.45) is 0 Å². The van der Waals surface area contributed by atoms with Crippen LogP contribution in [0.15, 0.2) is 41.1 Å². The summed E-state index contributed by atoms with van der Waals surface area (Å²) in [5.41, 5.74) is 1.11. The van der Waals surface area contributed by atoms with Gasteiger partial charge in [0.1, 0.15) is 10.9 Å². The van der Waals surface area contributed by atoms with Gasteiger partial charge in [-0.3, -0.25) is 0 Å². The Bertz CT molecular complexity index is 494. The van der Waals surface area contributed by atoms with Gasteiger partial charge in [-0.1, -0.05) is 11.6 Å². The van der Waals surface area contributed by atoms with Crippen molar-refractivity contribution < 1.29 is 4.42 Å². The largest absolute Gasteiger partial charge is 0.467 e. The minimum atomic E-state index is 0.535. The molecule has 17 heavy (non-hydrogen) atoms. The van der Waals surface area contributed by atoms with E-state index >= 15 is 0 Å². The summed E-state index contributed by atoms with van der Waals surface area (Å²) in [6, 6.07) is 8.42. The second-order valence-electron chi connectivity index (χ2n) is 4.28. The Kier molecular flexibility index (Phi) is 2.77. The van der Waals surface area contributed by atoms with Crippen molar-refractivity contribution in [2.45, 2.75) is 25.4 Å². The zero-order valence-electron chi connectivity index (χ0n) is 9.34. The Hall–Kier alpha value is -1.48. The number of hydrogen-bond donors (Lipinski definition) is 0. The van der Waals surface area contributed by atoms with Gasteiger partial charge in [0, 0.05) is 17.9 Å². The molecule has 0 unspecified atom stereocenters. The van der Waals surface area contributed by atoms with Gasteiger partial charge in [0.15, 0.2) is 0 Å². The summed E-state index contributed by atoms with van der Waals surface area (Å²) in [6.07, 6.45) is 5.93. The summed E-state index contributed by atoms with van der Waals surface area (Å²) in [4.78, 5) is 6.34. The lowest BCUT2D eigenvalue weighted by atomic mass is 10.3. The van der Waals surface area contributed by atoms with Crippen molar-refractivity contribution in [1.82, 2.24) is 4.98 Å². The molecule has 4 heteroatoms. The molecular formula is C13H13ClN2O. The summed E-state index contributed by atoms with van der Waals surface area (Å²) < 4.78 is 5.40. The highest BCUT2D eigenvalue weighted by Gasteiger charge is 2.29. The molecular weight excluding hydrogens is 236 g/mol. The standard InChI is InChI=1S/C13H13ClN2O/c14-13-8-11(5-6-15-13)16(10-3-4-10)9-12-2-1-7-17-12/h1-2,5-8,10H,3-4,9H2. The van der Waals surface area contributed by atoms with Gasteiger partial charge >= 0.3 is 0 Å². The lowest BCUT2D eigenvalue weighted by Crippen LogP contribution is -2.24. The monoisotopic (exact) mass is 248 g/mol. The van der Waals surface area contributed by atoms with E-state index < -0.39 is 0 Å². The van der Waals surface area contributed by atoms with Gasteiger partial charge in [-0.2, -0.15) is 0 Å². The van der Waals surface area contributed by atoms with Gasteiger partial charge < -0.3 is 9.32 Å². The highest BCUT2D eigenvalue weighted by molar-refractivity contribution is 6.29. The van der Waals surface area contributed by atoms with Gasteiger partial charge in [0.25, 0.3) is 0 Å². The molecule has 2 heterocycles. The molecule has 88 valence electrons. The first-order valence-corrected chi connectivity index (χ1v) is 6.11. The van der Waals surface area contributed by atoms with Crippen LogP contribution in [0, 0.1) is 0 Å². The van der Waals surface area contributed by atoms with Crippen LogP contribution in [0.5, 0.6) is 0 Å². The summed E-state index contributed by atoms with van der Waals surface area (Å²) in [7, 11) is 0. The topological polar surface area (TPSA) is 29.3 Å². The molecule has 0 N–H and O–H groups in total. The number of nitrogens with zero attached hydrogens (tertiary/aromatic N) is 2. The van der Waals surface area contributed by atoms with Crippen molar-refractivity contribution in [1.29, 1.82) is 0 Å². The molecule has 3 nitrogen and oxygen atoms in total. The number of pyridine rings is 1. The molecule has 0 bridgehead atoms. The molecule has 0 spiro atoms. The van der Waals surface area contributed by atoms with E-state index in [1.807, 2.05) is 24.3 Å². The Balaban J connectivity index is 1.85. The fourth-order valence-corrected chi connectivity index (χ4v) is 2.13. The van der Waals surface area contributed by atoms with E-state index in [-0.39, 0.29) is 0 Å². The molecule has 1 saturated carbocycles. The molecule has 0 aromatic carbocycles. The van der Waals surface area contributed by atoms with Crippen LogP contribution in [-0.4, -0.2) is 11.0 Å². The van der Waals surface area contributed by atoms with Gasteiger partial charge in [0.2, 0.25) is 0 Å². The average molecular weight is 249 g/mol. The first-order valence-electron chi connectivity index (χ1n) is 5.73. The third-order valence-electron chi connectivity index (χ3n) is 2.94. The van der Waals surface area contributed by atoms with E-state index in [1.54, 1.807) is 12.5 Å². The van der Waals surface area contributed by atoms with E-state index in [0.29, 0.717) is 11.2 Å². The smallest absolute Gasteiger partial charge is 0.131 e. The summed E-state index contributed by atoms with van der Waals surface area (Å²) in [5.74, 6) is 0.977. The van der Waals surface area contributed by atoms with Crippen LogP contribution in [0.2, 0.25) is 5.15 Å². The predicted molar refractivity (Wildman–Crippen MR) is 67.2 cm³/mol. The molecule has 2 aromatic heterocycles. The van der Waals surface area contributed by atoms with E-state index in [4.69, 9.17) is 16.0 Å². The number of halogens is 1. The van der Waals surface area contributed by atoms with E-state index in [2.05, 4.69) is 9.88 Å². The normalized spacial score (nSPS) is 14.9. The van der Waals surface area contributed by atoms with Crippen molar-refractivity contribution >= 4 is 17.3 Å². The molecule has 0 saturated heterocycles. The SMILES string of the molecule is Clc1cc(N(Cc2ccco2)C2CC2)ccn1. The fourth-order valence-electron chi connectivity index (χ4n) is 1.96. The molecule has 2 aromatic rings. The van der Waals surface area contributed by atoms with Gasteiger partial charge in [-0.15, -0.1) is 0 Å². The molecule has 3 rings (SSSR count). The van der Waals surface area contributed by atoms with Crippen LogP contribution in [-0.2, 0) is 6.54 Å². The maximum absolute atomic E-state index is 5.93. The minimum absolute atomic E-state index is 0.535. The minimum Gasteiger partial charge on any atom is -0.467 e. The van der Waals surface area contributed by atoms with Gasteiger partial charge in [-0.25, -0.2) is 4.98 Å². The zero-order valence-corrected chi connectivity index (χ0v) is 10.1. The van der Waals surface area contributed by atoms with Gasteiger partial charge in [-0.05, 0) is 37.1 Å². The van der Waals surface area contributed by atoms with E-state index in [9.17, 15) is 0 Å². The fraction of sp³-hybridized carbons (Fsp3) is 0.308. The molecule has 0 radical (unpaired) electrons. The number of furan rings is 1. The lowest BCUT2D eigenvalue weighted by molar-refractivity contribution is 0.501. The van der Waals surface area contributed by atoms with Crippen LogP contribution in [0.4, 0.5) is 5.69 Å². The third kappa shape index (κ3) is 2.44. The number of aromatic nitrogens is 1. The predicted octanol–water partition coefficient (Wildman–Crippen LogP) is 3.50. The Morgan fingerprint density at radius 3 is 2.94 bits per heavy atom. The van der Waals surface area contributed by atoms with Crippen molar-refractivity contribution in [3.8, 4) is 0 Å². The molecule has 1 fully saturated rings. The van der Waals surface area contributed by atoms with Gasteiger partial charge in [0.05, 0.1) is 12.8 Å². The number of rotatable bonds is 4. The maximum Gasteiger partial charge on any atom is 0.131 e. The second kappa shape index (κ2) is 4.41. The van der Waals surface area contributed by atoms with E-state index in [0.717, 1.165) is 18.0 Å². The first-order chi connectivity index (χ1) is 8.33. The van der Waals surface area contributed by atoms with Crippen molar-refractivity contribution in [3.63, 3.8) is 0 Å². The quantitative estimate of drug-likeness (QED) is 0.776. The van der Waals surface area contributed by atoms with Crippen LogP contribution >= 0.6 is 11.6 Å². The molecule has 1 aliphatic carbocycles. The Morgan fingerprint density at radius 1 is 1.41 bits per heavy atom. The highest BCUT2D eigenvalue weighted by Crippen LogP contribution is 2.33. The zero-order chi connectivity index (χ0) is 11.7. The highest BCUT2D eigenvalue weighted by atomic mass is 35.5. The number of anilines is 1. The van der Waals surface area contributed by atoms with Crippen LogP contribution < -0.4 is 4.90 Å².